The first kappa shape index (κ1) is 22.5. The van der Waals surface area contributed by atoms with Gasteiger partial charge in [-0.15, -0.1) is 13.2 Å². The third-order valence-corrected chi connectivity index (χ3v) is 4.17. The summed E-state index contributed by atoms with van der Waals surface area (Å²) in [5.41, 5.74) is -0.698. The second-order valence-electron chi connectivity index (χ2n) is 6.46. The number of nitrogens with zero attached hydrogens (tertiary/aromatic N) is 2. The quantitative estimate of drug-likeness (QED) is 0.628. The number of hydrogen-bond acceptors (Lipinski definition) is 7. The first-order valence-electron chi connectivity index (χ1n) is 9.03. The number of hydroxylamine groups is 1. The Bertz CT molecular complexity index is 992. The molecule has 2 aromatic rings. The van der Waals surface area contributed by atoms with Gasteiger partial charge in [-0.2, -0.15) is 0 Å². The predicted octanol–water partition coefficient (Wildman–Crippen LogP) is 2.07. The zero-order valence-corrected chi connectivity index (χ0v) is 16.2. The molecule has 0 aliphatic carbocycles. The van der Waals surface area contributed by atoms with Crippen molar-refractivity contribution >= 4 is 11.9 Å². The van der Waals surface area contributed by atoms with Crippen LogP contribution in [0.1, 0.15) is 28.5 Å². The number of amides is 1. The van der Waals surface area contributed by atoms with Crippen LogP contribution in [0.2, 0.25) is 0 Å². The summed E-state index contributed by atoms with van der Waals surface area (Å²) >= 11 is 0. The molecular formula is C18H18F4N4O5. The first-order chi connectivity index (χ1) is 14.7. The monoisotopic (exact) mass is 446 g/mol. The number of nitrogens with one attached hydrogen (secondary N) is 2. The fraction of sp³-hybridized carbons (Fsp3) is 0.389. The molecule has 1 aliphatic rings. The van der Waals surface area contributed by atoms with Crippen LogP contribution in [0.3, 0.4) is 0 Å². The van der Waals surface area contributed by atoms with E-state index in [0.717, 1.165) is 30.7 Å². The number of alkyl halides is 3. The van der Waals surface area contributed by atoms with Crippen molar-refractivity contribution in [3.05, 3.63) is 51.7 Å². The largest absolute Gasteiger partial charge is 0.573 e. The molecule has 1 saturated heterocycles. The van der Waals surface area contributed by atoms with Crippen molar-refractivity contribution < 1.29 is 36.7 Å². The van der Waals surface area contributed by atoms with Gasteiger partial charge in [0, 0.05) is 13.2 Å². The number of carbonyl (C=O) groups excluding carboxylic acids is 1. The lowest BCUT2D eigenvalue weighted by molar-refractivity contribution is -0.275. The lowest BCUT2D eigenvalue weighted by Crippen LogP contribution is -2.33. The summed E-state index contributed by atoms with van der Waals surface area (Å²) in [5.74, 6) is -3.00. The number of aromatic amines is 1. The number of rotatable bonds is 7. The molecule has 1 aromatic carbocycles. The Morgan fingerprint density at radius 3 is 2.77 bits per heavy atom. The minimum Gasteiger partial charge on any atom is -0.403 e. The minimum absolute atomic E-state index is 0.0538. The fourth-order valence-electron chi connectivity index (χ4n) is 2.86. The van der Waals surface area contributed by atoms with Gasteiger partial charge in [0.1, 0.15) is 5.69 Å². The maximum atomic E-state index is 14.1. The maximum absolute atomic E-state index is 14.1. The van der Waals surface area contributed by atoms with Gasteiger partial charge in [0.2, 0.25) is 5.95 Å². The number of halogens is 4. The summed E-state index contributed by atoms with van der Waals surface area (Å²) in [6, 6.07) is 2.77. The van der Waals surface area contributed by atoms with Gasteiger partial charge in [0.05, 0.1) is 25.8 Å². The molecule has 2 N–H and O–H groups in total. The Hall–Kier alpha value is -3.19. The zero-order valence-electron chi connectivity index (χ0n) is 16.2. The molecule has 1 atom stereocenters. The van der Waals surface area contributed by atoms with E-state index in [1.165, 1.54) is 12.2 Å². The van der Waals surface area contributed by atoms with Crippen molar-refractivity contribution in [1.29, 1.82) is 0 Å². The number of methoxy groups -OCH3 is 1. The minimum atomic E-state index is -5.05. The van der Waals surface area contributed by atoms with Crippen molar-refractivity contribution in [2.24, 2.45) is 0 Å². The molecule has 1 aliphatic heterocycles. The van der Waals surface area contributed by atoms with E-state index in [4.69, 9.17) is 9.57 Å². The van der Waals surface area contributed by atoms with E-state index >= 15 is 0 Å². The third-order valence-electron chi connectivity index (χ3n) is 4.17. The standard InChI is InChI=1S/C18H18F4N4O5/c1-29-9-13(10-3-4-14(11(19)7-10)31-18(20,21)22)23-16(28)12-8-15(27)25-17(24-12)26-5-2-6-30-26/h3-4,7-8,13H,2,5-6,9H2,1H3,(H,23,28)(H,24,25,27)/t13-/m1/s1. The molecule has 0 spiro atoms. The second-order valence-corrected chi connectivity index (χ2v) is 6.46. The summed E-state index contributed by atoms with van der Waals surface area (Å²) in [6.07, 6.45) is -4.33. The van der Waals surface area contributed by atoms with E-state index in [9.17, 15) is 27.2 Å². The zero-order chi connectivity index (χ0) is 22.6. The Balaban J connectivity index is 1.81. The highest BCUT2D eigenvalue weighted by atomic mass is 19.4. The Morgan fingerprint density at radius 1 is 1.39 bits per heavy atom. The normalized spacial score (nSPS) is 15.1. The molecule has 3 rings (SSSR count). The third kappa shape index (κ3) is 5.92. The van der Waals surface area contributed by atoms with E-state index in [1.54, 1.807) is 0 Å². The molecule has 1 amide bonds. The van der Waals surface area contributed by atoms with Crippen LogP contribution in [0.25, 0.3) is 0 Å². The number of H-pyrrole nitrogens is 1. The fourth-order valence-corrected chi connectivity index (χ4v) is 2.86. The molecular weight excluding hydrogens is 428 g/mol. The van der Waals surface area contributed by atoms with Gasteiger partial charge in [0.25, 0.3) is 11.5 Å². The highest BCUT2D eigenvalue weighted by Crippen LogP contribution is 2.28. The average Bonchev–Trinajstić information content (AvgIpc) is 3.22. The van der Waals surface area contributed by atoms with Crippen LogP contribution in [-0.4, -0.2) is 49.1 Å². The van der Waals surface area contributed by atoms with E-state index in [0.29, 0.717) is 13.2 Å². The van der Waals surface area contributed by atoms with E-state index < -0.39 is 35.4 Å². The van der Waals surface area contributed by atoms with E-state index in [2.05, 4.69) is 20.0 Å². The van der Waals surface area contributed by atoms with Crippen molar-refractivity contribution in [3.63, 3.8) is 0 Å². The topological polar surface area (TPSA) is 106 Å². The first-order valence-corrected chi connectivity index (χ1v) is 9.03. The Labute approximate surface area is 172 Å². The van der Waals surface area contributed by atoms with Gasteiger partial charge in [-0.05, 0) is 24.1 Å². The van der Waals surface area contributed by atoms with Crippen LogP contribution in [0.5, 0.6) is 5.75 Å². The van der Waals surface area contributed by atoms with Crippen LogP contribution in [0, 0.1) is 5.82 Å². The smallest absolute Gasteiger partial charge is 0.403 e. The summed E-state index contributed by atoms with van der Waals surface area (Å²) in [5, 5.41) is 3.87. The van der Waals surface area contributed by atoms with E-state index in [-0.39, 0.29) is 23.8 Å². The van der Waals surface area contributed by atoms with Gasteiger partial charge in [-0.25, -0.2) is 14.4 Å². The SMILES string of the molecule is COC[C@@H](NC(=O)c1cc(=O)[nH]c(N2CCCO2)n1)c1ccc(OC(F)(F)F)c(F)c1. The molecule has 2 heterocycles. The number of aromatic nitrogens is 2. The summed E-state index contributed by atoms with van der Waals surface area (Å²) in [7, 11) is 1.32. The van der Waals surface area contributed by atoms with Crippen molar-refractivity contribution in [3.8, 4) is 5.75 Å². The molecule has 0 unspecified atom stereocenters. The molecule has 0 saturated carbocycles. The second kappa shape index (κ2) is 9.31. The number of carbonyl (C=O) groups is 1. The highest BCUT2D eigenvalue weighted by molar-refractivity contribution is 5.92. The van der Waals surface area contributed by atoms with Gasteiger partial charge in [0.15, 0.2) is 11.6 Å². The van der Waals surface area contributed by atoms with E-state index in [1.807, 2.05) is 0 Å². The molecule has 0 bridgehead atoms. The molecule has 0 radical (unpaired) electrons. The number of anilines is 1. The van der Waals surface area contributed by atoms with Crippen molar-refractivity contribution in [1.82, 2.24) is 15.3 Å². The van der Waals surface area contributed by atoms with Crippen LogP contribution >= 0.6 is 0 Å². The molecule has 1 aromatic heterocycles. The number of ether oxygens (including phenoxy) is 2. The molecule has 9 nitrogen and oxygen atoms in total. The summed E-state index contributed by atoms with van der Waals surface area (Å²) in [4.78, 5) is 36.4. The summed E-state index contributed by atoms with van der Waals surface area (Å²) < 4.78 is 59.6. The van der Waals surface area contributed by atoms with Crippen molar-refractivity contribution in [2.45, 2.75) is 18.8 Å². The van der Waals surface area contributed by atoms with Crippen LogP contribution in [0.15, 0.2) is 29.1 Å². The number of hydrogen-bond donors (Lipinski definition) is 2. The number of benzene rings is 1. The molecule has 168 valence electrons. The maximum Gasteiger partial charge on any atom is 0.573 e. The average molecular weight is 446 g/mol. The van der Waals surface area contributed by atoms with Crippen LogP contribution in [0.4, 0.5) is 23.5 Å². The van der Waals surface area contributed by atoms with Crippen LogP contribution < -0.4 is 20.7 Å². The van der Waals surface area contributed by atoms with Gasteiger partial charge >= 0.3 is 6.36 Å². The van der Waals surface area contributed by atoms with Gasteiger partial charge < -0.3 is 14.8 Å². The predicted molar refractivity (Wildman–Crippen MR) is 97.9 cm³/mol. The van der Waals surface area contributed by atoms with Gasteiger partial charge in [-0.3, -0.25) is 19.4 Å². The van der Waals surface area contributed by atoms with Gasteiger partial charge in [-0.1, -0.05) is 6.07 Å². The van der Waals surface area contributed by atoms with Crippen molar-refractivity contribution in [2.75, 3.05) is 31.9 Å². The van der Waals surface area contributed by atoms with Crippen LogP contribution in [-0.2, 0) is 9.57 Å². The molecule has 13 heteroatoms. The highest BCUT2D eigenvalue weighted by Gasteiger charge is 2.32. The Morgan fingerprint density at radius 2 is 2.16 bits per heavy atom. The summed E-state index contributed by atoms with van der Waals surface area (Å²) in [6.45, 7) is 0.789. The lowest BCUT2D eigenvalue weighted by atomic mass is 10.1. The lowest BCUT2D eigenvalue weighted by Gasteiger charge is -2.20. The molecule has 1 fully saturated rings. The Kier molecular flexibility index (Phi) is 6.75. The molecule has 31 heavy (non-hydrogen) atoms.